The van der Waals surface area contributed by atoms with Gasteiger partial charge in [-0.2, -0.15) is 0 Å². The van der Waals surface area contributed by atoms with Gasteiger partial charge in [-0.3, -0.25) is 0 Å². The van der Waals surface area contributed by atoms with Crippen molar-refractivity contribution in [2.24, 2.45) is 11.8 Å². The van der Waals surface area contributed by atoms with Crippen molar-refractivity contribution in [2.75, 3.05) is 13.2 Å². The molecule has 1 rings (SSSR count). The molecule has 2 heteroatoms. The highest BCUT2D eigenvalue weighted by atomic mass is 16.5. The SMILES string of the molecule is CCCC(CC)CCC(O)C1CCOC1. The Morgan fingerprint density at radius 3 is 2.60 bits per heavy atom. The predicted octanol–water partition coefficient (Wildman–Crippen LogP) is 2.99. The fraction of sp³-hybridized carbons (Fsp3) is 1.00. The lowest BCUT2D eigenvalue weighted by molar-refractivity contribution is 0.0784. The minimum absolute atomic E-state index is 0.126. The Kier molecular flexibility index (Phi) is 6.26. The van der Waals surface area contributed by atoms with E-state index in [-0.39, 0.29) is 6.10 Å². The van der Waals surface area contributed by atoms with Crippen LogP contribution in [0.5, 0.6) is 0 Å². The largest absolute Gasteiger partial charge is 0.393 e. The molecule has 1 aliphatic rings. The topological polar surface area (TPSA) is 29.5 Å². The summed E-state index contributed by atoms with van der Waals surface area (Å²) in [5.74, 6) is 1.22. The standard InChI is InChI=1S/C13H26O2/c1-3-5-11(4-2)6-7-13(14)12-8-9-15-10-12/h11-14H,3-10H2,1-2H3. The second-order valence-electron chi connectivity index (χ2n) is 4.83. The molecule has 0 aromatic rings. The van der Waals surface area contributed by atoms with Gasteiger partial charge in [0.2, 0.25) is 0 Å². The van der Waals surface area contributed by atoms with E-state index in [0.717, 1.165) is 32.0 Å². The van der Waals surface area contributed by atoms with Gasteiger partial charge in [-0.1, -0.05) is 33.1 Å². The van der Waals surface area contributed by atoms with Crippen LogP contribution in [0.2, 0.25) is 0 Å². The number of hydrogen-bond acceptors (Lipinski definition) is 2. The monoisotopic (exact) mass is 214 g/mol. The Labute approximate surface area is 94.0 Å². The fourth-order valence-electron chi connectivity index (χ4n) is 2.46. The van der Waals surface area contributed by atoms with Crippen molar-refractivity contribution >= 4 is 0 Å². The van der Waals surface area contributed by atoms with Gasteiger partial charge in [0, 0.05) is 12.5 Å². The Morgan fingerprint density at radius 1 is 1.27 bits per heavy atom. The van der Waals surface area contributed by atoms with Crippen LogP contribution in [0.1, 0.15) is 52.4 Å². The zero-order valence-electron chi connectivity index (χ0n) is 10.2. The van der Waals surface area contributed by atoms with Crippen LogP contribution in [0.3, 0.4) is 0 Å². The van der Waals surface area contributed by atoms with Crippen LogP contribution in [0.4, 0.5) is 0 Å². The minimum atomic E-state index is -0.126. The predicted molar refractivity (Wildman–Crippen MR) is 62.9 cm³/mol. The van der Waals surface area contributed by atoms with E-state index in [1.165, 1.54) is 25.7 Å². The molecule has 0 aromatic heterocycles. The van der Waals surface area contributed by atoms with Crippen molar-refractivity contribution in [1.82, 2.24) is 0 Å². The van der Waals surface area contributed by atoms with E-state index in [2.05, 4.69) is 13.8 Å². The zero-order valence-corrected chi connectivity index (χ0v) is 10.2. The van der Waals surface area contributed by atoms with Crippen LogP contribution in [0.15, 0.2) is 0 Å². The molecule has 1 heterocycles. The van der Waals surface area contributed by atoms with Crippen molar-refractivity contribution in [3.8, 4) is 0 Å². The van der Waals surface area contributed by atoms with Gasteiger partial charge in [-0.25, -0.2) is 0 Å². The molecule has 0 saturated carbocycles. The van der Waals surface area contributed by atoms with E-state index in [4.69, 9.17) is 4.74 Å². The third-order valence-corrected chi connectivity index (χ3v) is 3.65. The highest BCUT2D eigenvalue weighted by Gasteiger charge is 2.24. The molecule has 0 aliphatic carbocycles. The van der Waals surface area contributed by atoms with Crippen LogP contribution in [-0.2, 0) is 4.74 Å². The average molecular weight is 214 g/mol. The molecule has 1 N–H and O–H groups in total. The number of hydrogen-bond donors (Lipinski definition) is 1. The summed E-state index contributed by atoms with van der Waals surface area (Å²) in [5, 5.41) is 9.98. The molecule has 0 radical (unpaired) electrons. The van der Waals surface area contributed by atoms with Crippen LogP contribution in [-0.4, -0.2) is 24.4 Å². The van der Waals surface area contributed by atoms with Crippen LogP contribution in [0.25, 0.3) is 0 Å². The van der Waals surface area contributed by atoms with Gasteiger partial charge in [0.05, 0.1) is 12.7 Å². The minimum Gasteiger partial charge on any atom is -0.393 e. The normalized spacial score (nSPS) is 25.4. The van der Waals surface area contributed by atoms with Crippen molar-refractivity contribution < 1.29 is 9.84 Å². The maximum Gasteiger partial charge on any atom is 0.0591 e. The Balaban J connectivity index is 2.16. The quantitative estimate of drug-likeness (QED) is 0.706. The van der Waals surface area contributed by atoms with Crippen molar-refractivity contribution in [3.63, 3.8) is 0 Å². The molecule has 1 aliphatic heterocycles. The van der Waals surface area contributed by atoms with E-state index in [9.17, 15) is 5.11 Å². The van der Waals surface area contributed by atoms with E-state index >= 15 is 0 Å². The molecular formula is C13H26O2. The van der Waals surface area contributed by atoms with E-state index < -0.39 is 0 Å². The Morgan fingerprint density at radius 2 is 2.07 bits per heavy atom. The van der Waals surface area contributed by atoms with E-state index in [1.807, 2.05) is 0 Å². The summed E-state index contributed by atoms with van der Waals surface area (Å²) in [6, 6.07) is 0. The molecular weight excluding hydrogens is 188 g/mol. The summed E-state index contributed by atoms with van der Waals surface area (Å²) < 4.78 is 5.30. The van der Waals surface area contributed by atoms with Gasteiger partial charge in [-0.05, 0) is 25.2 Å². The maximum absolute atomic E-state index is 9.98. The van der Waals surface area contributed by atoms with E-state index in [1.54, 1.807) is 0 Å². The van der Waals surface area contributed by atoms with E-state index in [0.29, 0.717) is 5.92 Å². The third kappa shape index (κ3) is 4.52. The molecule has 3 unspecified atom stereocenters. The highest BCUT2D eigenvalue weighted by molar-refractivity contribution is 4.73. The molecule has 3 atom stereocenters. The summed E-state index contributed by atoms with van der Waals surface area (Å²) >= 11 is 0. The van der Waals surface area contributed by atoms with Crippen LogP contribution >= 0.6 is 0 Å². The molecule has 0 amide bonds. The molecule has 2 nitrogen and oxygen atoms in total. The summed E-state index contributed by atoms with van der Waals surface area (Å²) in [6.45, 7) is 6.11. The first-order valence-electron chi connectivity index (χ1n) is 6.53. The Hall–Kier alpha value is -0.0800. The van der Waals surface area contributed by atoms with Gasteiger partial charge in [-0.15, -0.1) is 0 Å². The lowest BCUT2D eigenvalue weighted by atomic mass is 9.90. The molecule has 0 aromatic carbocycles. The first-order chi connectivity index (χ1) is 7.27. The molecule has 1 saturated heterocycles. The van der Waals surface area contributed by atoms with Gasteiger partial charge in [0.1, 0.15) is 0 Å². The average Bonchev–Trinajstić information content (AvgIpc) is 2.77. The second-order valence-corrected chi connectivity index (χ2v) is 4.83. The van der Waals surface area contributed by atoms with Crippen LogP contribution in [0, 0.1) is 11.8 Å². The number of aliphatic hydroxyl groups excluding tert-OH is 1. The molecule has 90 valence electrons. The van der Waals surface area contributed by atoms with Crippen molar-refractivity contribution in [1.29, 1.82) is 0 Å². The maximum atomic E-state index is 9.98. The highest BCUT2D eigenvalue weighted by Crippen LogP contribution is 2.24. The van der Waals surface area contributed by atoms with Gasteiger partial charge >= 0.3 is 0 Å². The summed E-state index contributed by atoms with van der Waals surface area (Å²) in [7, 11) is 0. The van der Waals surface area contributed by atoms with Crippen molar-refractivity contribution in [3.05, 3.63) is 0 Å². The first kappa shape index (κ1) is 13.0. The summed E-state index contributed by atoms with van der Waals surface area (Å²) in [5.41, 5.74) is 0. The molecule has 0 spiro atoms. The second kappa shape index (κ2) is 7.24. The number of ether oxygens (including phenoxy) is 1. The van der Waals surface area contributed by atoms with Crippen molar-refractivity contribution in [2.45, 2.75) is 58.5 Å². The fourth-order valence-corrected chi connectivity index (χ4v) is 2.46. The number of aliphatic hydroxyl groups is 1. The molecule has 15 heavy (non-hydrogen) atoms. The number of rotatable bonds is 7. The zero-order chi connectivity index (χ0) is 11.1. The lowest BCUT2D eigenvalue weighted by Crippen LogP contribution is -2.21. The molecule has 0 bridgehead atoms. The smallest absolute Gasteiger partial charge is 0.0591 e. The van der Waals surface area contributed by atoms with Gasteiger partial charge < -0.3 is 9.84 Å². The summed E-state index contributed by atoms with van der Waals surface area (Å²) in [4.78, 5) is 0. The van der Waals surface area contributed by atoms with Gasteiger partial charge in [0.15, 0.2) is 0 Å². The lowest BCUT2D eigenvalue weighted by Gasteiger charge is -2.19. The summed E-state index contributed by atoms with van der Waals surface area (Å²) in [6.07, 6.45) is 6.89. The first-order valence-corrected chi connectivity index (χ1v) is 6.53. The van der Waals surface area contributed by atoms with Crippen LogP contribution < -0.4 is 0 Å². The third-order valence-electron chi connectivity index (χ3n) is 3.65. The Bertz CT molecular complexity index is 153. The van der Waals surface area contributed by atoms with Gasteiger partial charge in [0.25, 0.3) is 0 Å². The molecule has 1 fully saturated rings.